The first kappa shape index (κ1) is 15.4. The van der Waals surface area contributed by atoms with Gasteiger partial charge in [-0.05, 0) is 22.8 Å². The van der Waals surface area contributed by atoms with E-state index in [0.29, 0.717) is 6.54 Å². The highest BCUT2D eigenvalue weighted by atomic mass is 35.6. The molecule has 0 aliphatic rings. The molecular formula is C13H14Cl3NO. The first-order valence-corrected chi connectivity index (χ1v) is 6.49. The van der Waals surface area contributed by atoms with Crippen molar-refractivity contribution in [1.29, 1.82) is 0 Å². The van der Waals surface area contributed by atoms with Gasteiger partial charge in [0.2, 0.25) is 5.91 Å². The van der Waals surface area contributed by atoms with Crippen LogP contribution in [-0.4, -0.2) is 9.70 Å². The summed E-state index contributed by atoms with van der Waals surface area (Å²) < 4.78 is -1.34. The van der Waals surface area contributed by atoms with Crippen LogP contribution in [0.2, 0.25) is 0 Å². The average Bonchev–Trinajstić information content (AvgIpc) is 2.24. The van der Waals surface area contributed by atoms with E-state index in [-0.39, 0.29) is 12.3 Å². The van der Waals surface area contributed by atoms with Crippen molar-refractivity contribution in [3.05, 3.63) is 42.0 Å². The van der Waals surface area contributed by atoms with Crippen LogP contribution in [-0.2, 0) is 11.3 Å². The third-order valence-corrected chi connectivity index (χ3v) is 2.69. The highest BCUT2D eigenvalue weighted by Gasteiger charge is 2.21. The molecule has 0 aromatic heterocycles. The van der Waals surface area contributed by atoms with E-state index < -0.39 is 3.79 Å². The predicted octanol–water partition coefficient (Wildman–Crippen LogP) is 4.10. The summed E-state index contributed by atoms with van der Waals surface area (Å²) in [5.41, 5.74) is 2.64. The standard InChI is InChI=1S/C13H14Cl3NO/c1-9(7-13(14,15)16)12-5-3-4-11(6-12)8-17-10(2)18/h3-6H,1,7-8H2,2H3,(H,17,18). The molecule has 5 heteroatoms. The Hall–Kier alpha value is -0.700. The Morgan fingerprint density at radius 2 is 2.06 bits per heavy atom. The first-order valence-electron chi connectivity index (χ1n) is 5.36. The van der Waals surface area contributed by atoms with Crippen molar-refractivity contribution in [1.82, 2.24) is 5.32 Å². The van der Waals surface area contributed by atoms with Gasteiger partial charge in [0.25, 0.3) is 0 Å². The third-order valence-electron chi connectivity index (χ3n) is 2.29. The van der Waals surface area contributed by atoms with Crippen LogP contribution in [0.5, 0.6) is 0 Å². The largest absolute Gasteiger partial charge is 0.352 e. The van der Waals surface area contributed by atoms with Gasteiger partial charge in [0.05, 0.1) is 0 Å². The van der Waals surface area contributed by atoms with Crippen LogP contribution >= 0.6 is 34.8 Å². The van der Waals surface area contributed by atoms with Gasteiger partial charge >= 0.3 is 0 Å². The lowest BCUT2D eigenvalue weighted by Crippen LogP contribution is -2.18. The molecule has 98 valence electrons. The summed E-state index contributed by atoms with van der Waals surface area (Å²) in [6.07, 6.45) is 0.265. The van der Waals surface area contributed by atoms with Crippen LogP contribution in [0.1, 0.15) is 24.5 Å². The minimum absolute atomic E-state index is 0.0690. The monoisotopic (exact) mass is 305 g/mol. The molecule has 0 saturated carbocycles. The topological polar surface area (TPSA) is 29.1 Å². The lowest BCUT2D eigenvalue weighted by molar-refractivity contribution is -0.119. The molecule has 0 atom stereocenters. The fourth-order valence-electron chi connectivity index (χ4n) is 1.47. The fraction of sp³-hybridized carbons (Fsp3) is 0.308. The van der Waals surface area contributed by atoms with Crippen LogP contribution in [0.3, 0.4) is 0 Å². The molecule has 0 fully saturated rings. The normalized spacial score (nSPS) is 11.1. The van der Waals surface area contributed by atoms with E-state index in [0.717, 1.165) is 16.7 Å². The van der Waals surface area contributed by atoms with E-state index >= 15 is 0 Å². The van der Waals surface area contributed by atoms with Gasteiger partial charge in [-0.2, -0.15) is 0 Å². The fourth-order valence-corrected chi connectivity index (χ4v) is 1.96. The number of hydrogen-bond donors (Lipinski definition) is 1. The lowest BCUT2D eigenvalue weighted by Gasteiger charge is -2.14. The second-order valence-electron chi connectivity index (χ2n) is 4.01. The smallest absolute Gasteiger partial charge is 0.217 e. The highest BCUT2D eigenvalue weighted by Crippen LogP contribution is 2.36. The van der Waals surface area contributed by atoms with Crippen molar-refractivity contribution in [2.24, 2.45) is 0 Å². The summed E-state index contributed by atoms with van der Waals surface area (Å²) in [5.74, 6) is -0.0690. The molecule has 0 heterocycles. The van der Waals surface area contributed by atoms with Crippen molar-refractivity contribution in [3.63, 3.8) is 0 Å². The van der Waals surface area contributed by atoms with E-state index in [4.69, 9.17) is 34.8 Å². The summed E-state index contributed by atoms with van der Waals surface area (Å²) in [4.78, 5) is 10.8. The van der Waals surface area contributed by atoms with Gasteiger partial charge < -0.3 is 5.32 Å². The zero-order valence-corrected chi connectivity index (χ0v) is 12.2. The molecule has 0 radical (unpaired) electrons. The van der Waals surface area contributed by atoms with Crippen molar-refractivity contribution in [2.75, 3.05) is 0 Å². The zero-order chi connectivity index (χ0) is 13.8. The predicted molar refractivity (Wildman–Crippen MR) is 77.9 cm³/mol. The molecule has 0 bridgehead atoms. The van der Waals surface area contributed by atoms with Crippen molar-refractivity contribution in [2.45, 2.75) is 23.7 Å². The number of halogens is 3. The molecule has 0 unspecified atom stereocenters. The van der Waals surface area contributed by atoms with E-state index in [9.17, 15) is 4.79 Å². The maximum Gasteiger partial charge on any atom is 0.217 e. The average molecular weight is 307 g/mol. The van der Waals surface area contributed by atoms with E-state index in [2.05, 4.69) is 11.9 Å². The van der Waals surface area contributed by atoms with Gasteiger partial charge in [-0.1, -0.05) is 59.6 Å². The molecular weight excluding hydrogens is 293 g/mol. The number of alkyl halides is 3. The number of rotatable bonds is 4. The maximum absolute atomic E-state index is 10.8. The number of amides is 1. The zero-order valence-electron chi connectivity index (χ0n) is 9.97. The molecule has 0 saturated heterocycles. The summed E-state index contributed by atoms with van der Waals surface area (Å²) in [6.45, 7) is 5.86. The van der Waals surface area contributed by atoms with Crippen LogP contribution < -0.4 is 5.32 Å². The van der Waals surface area contributed by atoms with E-state index in [1.165, 1.54) is 6.92 Å². The first-order chi connectivity index (χ1) is 8.28. The molecule has 0 aliphatic carbocycles. The number of allylic oxidation sites excluding steroid dienone is 1. The van der Waals surface area contributed by atoms with Gasteiger partial charge in [0.1, 0.15) is 0 Å². The minimum Gasteiger partial charge on any atom is -0.352 e. The van der Waals surface area contributed by atoms with E-state index in [1.807, 2.05) is 24.3 Å². The van der Waals surface area contributed by atoms with Crippen LogP contribution in [0.4, 0.5) is 0 Å². The van der Waals surface area contributed by atoms with Gasteiger partial charge in [0.15, 0.2) is 3.79 Å². The summed E-state index contributed by atoms with van der Waals surface area (Å²) in [6, 6.07) is 7.63. The number of carbonyl (C=O) groups excluding carboxylic acids is 1. The highest BCUT2D eigenvalue weighted by molar-refractivity contribution is 6.67. The Labute approximate surface area is 122 Å². The van der Waals surface area contributed by atoms with Crippen LogP contribution in [0.25, 0.3) is 5.57 Å². The quantitative estimate of drug-likeness (QED) is 0.834. The van der Waals surface area contributed by atoms with Gasteiger partial charge in [-0.3, -0.25) is 4.79 Å². The second-order valence-corrected chi connectivity index (χ2v) is 6.52. The number of nitrogens with one attached hydrogen (secondary N) is 1. The third kappa shape index (κ3) is 5.76. The second kappa shape index (κ2) is 6.46. The maximum atomic E-state index is 10.8. The van der Waals surface area contributed by atoms with E-state index in [1.54, 1.807) is 0 Å². The minimum atomic E-state index is -1.34. The summed E-state index contributed by atoms with van der Waals surface area (Å²) in [5, 5.41) is 2.73. The molecule has 1 amide bonds. The molecule has 1 aromatic rings. The summed E-state index contributed by atoms with van der Waals surface area (Å²) in [7, 11) is 0. The number of carbonyl (C=O) groups is 1. The molecule has 1 rings (SSSR count). The Balaban J connectivity index is 2.75. The number of hydrogen-bond acceptors (Lipinski definition) is 1. The Morgan fingerprint density at radius 3 is 2.61 bits per heavy atom. The summed E-state index contributed by atoms with van der Waals surface area (Å²) >= 11 is 17.2. The SMILES string of the molecule is C=C(CC(Cl)(Cl)Cl)c1cccc(CNC(C)=O)c1. The van der Waals surface area contributed by atoms with Crippen molar-refractivity contribution >= 4 is 46.3 Å². The molecule has 1 aromatic carbocycles. The molecule has 0 spiro atoms. The van der Waals surface area contributed by atoms with Crippen molar-refractivity contribution in [3.8, 4) is 0 Å². The van der Waals surface area contributed by atoms with Crippen LogP contribution in [0, 0.1) is 0 Å². The Kier molecular flexibility index (Phi) is 5.51. The van der Waals surface area contributed by atoms with Gasteiger partial charge in [0, 0.05) is 19.9 Å². The molecule has 18 heavy (non-hydrogen) atoms. The number of benzene rings is 1. The Bertz CT molecular complexity index is 452. The van der Waals surface area contributed by atoms with Gasteiger partial charge in [-0.25, -0.2) is 0 Å². The van der Waals surface area contributed by atoms with Crippen LogP contribution in [0.15, 0.2) is 30.8 Å². The lowest BCUT2D eigenvalue weighted by atomic mass is 10.0. The molecule has 1 N–H and O–H groups in total. The molecule has 0 aliphatic heterocycles. The molecule has 2 nitrogen and oxygen atoms in total. The Morgan fingerprint density at radius 1 is 1.39 bits per heavy atom. The van der Waals surface area contributed by atoms with Crippen molar-refractivity contribution < 1.29 is 4.79 Å². The van der Waals surface area contributed by atoms with Gasteiger partial charge in [-0.15, -0.1) is 0 Å².